The molecular weight excluding hydrogens is 438 g/mol. The van der Waals surface area contributed by atoms with Gasteiger partial charge >= 0.3 is 6.18 Å². The second-order valence-electron chi connectivity index (χ2n) is 9.20. The van der Waals surface area contributed by atoms with Gasteiger partial charge in [0.1, 0.15) is 11.6 Å². The van der Waals surface area contributed by atoms with Gasteiger partial charge in [-0.25, -0.2) is 4.39 Å². The minimum atomic E-state index is -4.54. The number of benzene rings is 2. The smallest absolute Gasteiger partial charge is 0.419 e. The van der Waals surface area contributed by atoms with Crippen molar-refractivity contribution in [2.24, 2.45) is 5.73 Å². The van der Waals surface area contributed by atoms with Crippen LogP contribution in [-0.4, -0.2) is 31.1 Å². The number of alkyl halides is 3. The molecule has 1 heterocycles. The van der Waals surface area contributed by atoms with Crippen molar-refractivity contribution in [3.63, 3.8) is 0 Å². The summed E-state index contributed by atoms with van der Waals surface area (Å²) in [6.45, 7) is 5.94. The molecule has 0 unspecified atom stereocenters. The Hall–Kier alpha value is -2.16. The molecular formula is C25H31F4NO3. The van der Waals surface area contributed by atoms with E-state index in [0.29, 0.717) is 36.8 Å². The van der Waals surface area contributed by atoms with Crippen LogP contribution in [0.2, 0.25) is 0 Å². The number of hydrogen-bond donors (Lipinski definition) is 1. The normalized spacial score (nSPS) is 17.7. The van der Waals surface area contributed by atoms with E-state index in [1.54, 1.807) is 39.0 Å². The largest absolute Gasteiger partial charge is 0.493 e. The quantitative estimate of drug-likeness (QED) is 0.405. The molecule has 0 saturated carbocycles. The van der Waals surface area contributed by atoms with Crippen molar-refractivity contribution in [3.05, 3.63) is 64.5 Å². The first kappa shape index (κ1) is 25.5. The van der Waals surface area contributed by atoms with E-state index < -0.39 is 23.1 Å². The summed E-state index contributed by atoms with van der Waals surface area (Å²) in [6.07, 6.45) is -2.66. The monoisotopic (exact) mass is 469 g/mol. The molecule has 33 heavy (non-hydrogen) atoms. The van der Waals surface area contributed by atoms with Crippen LogP contribution in [0.15, 0.2) is 36.4 Å². The van der Waals surface area contributed by atoms with Crippen LogP contribution in [0.25, 0.3) is 0 Å². The van der Waals surface area contributed by atoms with Gasteiger partial charge in [-0.15, -0.1) is 0 Å². The van der Waals surface area contributed by atoms with Gasteiger partial charge in [-0.3, -0.25) is 0 Å². The third-order valence-electron chi connectivity index (χ3n) is 5.77. The maximum atomic E-state index is 13.7. The fourth-order valence-electron chi connectivity index (χ4n) is 3.66. The zero-order chi connectivity index (χ0) is 24.3. The highest BCUT2D eigenvalue weighted by Gasteiger charge is 2.38. The van der Waals surface area contributed by atoms with Crippen LogP contribution in [0.1, 0.15) is 48.9 Å². The summed E-state index contributed by atoms with van der Waals surface area (Å²) in [5.41, 5.74) is 6.73. The molecule has 0 aliphatic carbocycles. The van der Waals surface area contributed by atoms with Gasteiger partial charge in [0.25, 0.3) is 0 Å². The summed E-state index contributed by atoms with van der Waals surface area (Å²) in [4.78, 5) is 0. The van der Waals surface area contributed by atoms with E-state index in [0.717, 1.165) is 11.6 Å². The third-order valence-corrected chi connectivity index (χ3v) is 5.77. The van der Waals surface area contributed by atoms with E-state index in [1.807, 2.05) is 0 Å². The van der Waals surface area contributed by atoms with Crippen LogP contribution in [0.3, 0.4) is 0 Å². The first-order valence-electron chi connectivity index (χ1n) is 11.0. The summed E-state index contributed by atoms with van der Waals surface area (Å²) in [7, 11) is 0. The van der Waals surface area contributed by atoms with Gasteiger partial charge in [0.05, 0.1) is 30.9 Å². The van der Waals surface area contributed by atoms with Crippen LogP contribution in [-0.2, 0) is 28.5 Å². The van der Waals surface area contributed by atoms with E-state index in [2.05, 4.69) is 0 Å². The molecule has 0 radical (unpaired) electrons. The van der Waals surface area contributed by atoms with E-state index in [9.17, 15) is 17.6 Å². The molecule has 1 fully saturated rings. The minimum Gasteiger partial charge on any atom is -0.493 e. The van der Waals surface area contributed by atoms with Crippen molar-refractivity contribution in [1.82, 2.24) is 0 Å². The van der Waals surface area contributed by atoms with Crippen LogP contribution >= 0.6 is 0 Å². The van der Waals surface area contributed by atoms with Gasteiger partial charge in [0.2, 0.25) is 0 Å². The van der Waals surface area contributed by atoms with Gasteiger partial charge in [0.15, 0.2) is 5.79 Å². The molecule has 0 bridgehead atoms. The van der Waals surface area contributed by atoms with Crippen molar-refractivity contribution in [2.45, 2.75) is 64.0 Å². The van der Waals surface area contributed by atoms with Crippen molar-refractivity contribution in [3.8, 4) is 5.75 Å². The molecule has 8 heteroatoms. The first-order chi connectivity index (χ1) is 15.4. The number of nitrogens with two attached hydrogens (primary N) is 1. The fraction of sp³-hybridized carbons (Fsp3) is 0.520. The standard InChI is InChI=1S/C25H31F4NO3/c1-17-13-18(6-8-21(17)26)5-4-12-31-22-9-7-19(14-20(22)25(27,28)29)10-11-24(30)15-32-23(2,3)33-16-24/h6-9,13-14H,4-5,10-12,15-16,30H2,1-3H3. The number of halogens is 4. The predicted molar refractivity (Wildman–Crippen MR) is 118 cm³/mol. The first-order valence-corrected chi connectivity index (χ1v) is 11.0. The van der Waals surface area contributed by atoms with E-state index in [-0.39, 0.29) is 31.4 Å². The van der Waals surface area contributed by atoms with Gasteiger partial charge < -0.3 is 19.9 Å². The van der Waals surface area contributed by atoms with E-state index in [1.165, 1.54) is 12.1 Å². The molecule has 1 aliphatic heterocycles. The topological polar surface area (TPSA) is 53.7 Å². The lowest BCUT2D eigenvalue weighted by Gasteiger charge is -2.41. The lowest BCUT2D eigenvalue weighted by Crippen LogP contribution is -2.57. The van der Waals surface area contributed by atoms with Gasteiger partial charge in [0, 0.05) is 0 Å². The molecule has 2 aromatic carbocycles. The highest BCUT2D eigenvalue weighted by Crippen LogP contribution is 2.37. The summed E-state index contributed by atoms with van der Waals surface area (Å²) >= 11 is 0. The zero-order valence-electron chi connectivity index (χ0n) is 19.2. The average molecular weight is 470 g/mol. The summed E-state index contributed by atoms with van der Waals surface area (Å²) in [6, 6.07) is 8.91. The average Bonchev–Trinajstić information content (AvgIpc) is 2.74. The number of hydrogen-bond acceptors (Lipinski definition) is 4. The summed E-state index contributed by atoms with van der Waals surface area (Å²) in [5, 5.41) is 0. The Kier molecular flexibility index (Phi) is 7.71. The highest BCUT2D eigenvalue weighted by molar-refractivity contribution is 5.39. The molecule has 0 atom stereocenters. The van der Waals surface area contributed by atoms with Crippen LogP contribution in [0.5, 0.6) is 5.75 Å². The Balaban J connectivity index is 1.59. The molecule has 4 nitrogen and oxygen atoms in total. The van der Waals surface area contributed by atoms with E-state index >= 15 is 0 Å². The third kappa shape index (κ3) is 7.16. The van der Waals surface area contributed by atoms with Crippen molar-refractivity contribution in [1.29, 1.82) is 0 Å². The zero-order valence-corrected chi connectivity index (χ0v) is 19.2. The Morgan fingerprint density at radius 1 is 1.00 bits per heavy atom. The second-order valence-corrected chi connectivity index (χ2v) is 9.20. The Labute approximate surface area is 192 Å². The van der Waals surface area contributed by atoms with Gasteiger partial charge in [-0.1, -0.05) is 18.2 Å². The number of aryl methyl sites for hydroxylation is 3. The molecule has 0 aromatic heterocycles. The van der Waals surface area contributed by atoms with Gasteiger partial charge in [-0.05, 0) is 81.3 Å². The highest BCUT2D eigenvalue weighted by atomic mass is 19.4. The molecule has 0 spiro atoms. The van der Waals surface area contributed by atoms with Crippen LogP contribution in [0.4, 0.5) is 17.6 Å². The van der Waals surface area contributed by atoms with Crippen LogP contribution in [0, 0.1) is 12.7 Å². The lowest BCUT2D eigenvalue weighted by molar-refractivity contribution is -0.267. The lowest BCUT2D eigenvalue weighted by atomic mass is 9.92. The SMILES string of the molecule is Cc1cc(CCCOc2ccc(CCC3(N)COC(C)(C)OC3)cc2C(F)(F)F)ccc1F. The molecule has 182 valence electrons. The van der Waals surface area contributed by atoms with Crippen molar-refractivity contribution >= 4 is 0 Å². The summed E-state index contributed by atoms with van der Waals surface area (Å²) in [5.74, 6) is -1.19. The van der Waals surface area contributed by atoms with Gasteiger partial charge in [-0.2, -0.15) is 13.2 Å². The Morgan fingerprint density at radius 3 is 2.27 bits per heavy atom. The molecule has 2 aromatic rings. The number of rotatable bonds is 8. The number of ether oxygens (including phenoxy) is 3. The minimum absolute atomic E-state index is 0.120. The molecule has 0 amide bonds. The van der Waals surface area contributed by atoms with Crippen molar-refractivity contribution in [2.75, 3.05) is 19.8 Å². The molecule has 2 N–H and O–H groups in total. The fourth-order valence-corrected chi connectivity index (χ4v) is 3.66. The summed E-state index contributed by atoms with van der Waals surface area (Å²) < 4.78 is 71.0. The molecule has 1 aliphatic rings. The second kappa shape index (κ2) is 9.99. The van der Waals surface area contributed by atoms with Crippen molar-refractivity contribution < 1.29 is 31.8 Å². The molecule has 1 saturated heterocycles. The van der Waals surface area contributed by atoms with Crippen LogP contribution < -0.4 is 10.5 Å². The van der Waals surface area contributed by atoms with E-state index in [4.69, 9.17) is 19.9 Å². The molecule has 3 rings (SSSR count). The maximum absolute atomic E-state index is 13.7. The Bertz CT molecular complexity index is 949. The Morgan fingerprint density at radius 2 is 1.64 bits per heavy atom. The maximum Gasteiger partial charge on any atom is 0.419 e. The predicted octanol–water partition coefficient (Wildman–Crippen LogP) is 5.58.